The van der Waals surface area contributed by atoms with Crippen LogP contribution in [0.4, 0.5) is 0 Å². The van der Waals surface area contributed by atoms with Gasteiger partial charge in [0.25, 0.3) is 0 Å². The number of rotatable bonds is 10. The molecule has 0 amide bonds. The molecule has 3 nitrogen and oxygen atoms in total. The minimum absolute atomic E-state index is 0.433. The monoisotopic (exact) mass is 251 g/mol. The Morgan fingerprint density at radius 2 is 1.89 bits per heavy atom. The first-order valence-electron chi connectivity index (χ1n) is 7.49. The van der Waals surface area contributed by atoms with E-state index in [0.717, 1.165) is 6.54 Å². The molecule has 1 aromatic rings. The molecule has 0 radical (unpaired) electrons. The number of aromatic nitrogens is 2. The van der Waals surface area contributed by atoms with Gasteiger partial charge < -0.3 is 9.88 Å². The smallest absolute Gasteiger partial charge is 0.0947 e. The predicted molar refractivity (Wildman–Crippen MR) is 77.6 cm³/mol. The molecular weight excluding hydrogens is 222 g/mol. The fourth-order valence-electron chi connectivity index (χ4n) is 2.34. The van der Waals surface area contributed by atoms with Crippen LogP contribution in [0.5, 0.6) is 0 Å². The van der Waals surface area contributed by atoms with E-state index in [4.69, 9.17) is 0 Å². The molecule has 1 atom stereocenters. The highest BCUT2D eigenvalue weighted by atomic mass is 15.0. The summed E-state index contributed by atoms with van der Waals surface area (Å²) in [4.78, 5) is 4.46. The van der Waals surface area contributed by atoms with Gasteiger partial charge in [-0.25, -0.2) is 4.98 Å². The van der Waals surface area contributed by atoms with Gasteiger partial charge in [-0.3, -0.25) is 0 Å². The molecule has 0 aliphatic rings. The van der Waals surface area contributed by atoms with Crippen molar-refractivity contribution in [2.24, 2.45) is 7.05 Å². The van der Waals surface area contributed by atoms with Gasteiger partial charge >= 0.3 is 0 Å². The zero-order chi connectivity index (χ0) is 13.2. The Morgan fingerprint density at radius 3 is 2.50 bits per heavy atom. The zero-order valence-corrected chi connectivity index (χ0v) is 12.3. The average molecular weight is 251 g/mol. The maximum atomic E-state index is 4.46. The van der Waals surface area contributed by atoms with Gasteiger partial charge in [-0.2, -0.15) is 0 Å². The SMILES string of the molecule is CCCCCCCCC(NCC)c1cn(C)cn1. The minimum atomic E-state index is 0.433. The highest BCUT2D eigenvalue weighted by Crippen LogP contribution is 2.18. The van der Waals surface area contributed by atoms with Gasteiger partial charge in [0.1, 0.15) is 0 Å². The molecule has 0 saturated heterocycles. The molecular formula is C15H29N3. The summed E-state index contributed by atoms with van der Waals surface area (Å²) >= 11 is 0. The van der Waals surface area contributed by atoms with E-state index in [-0.39, 0.29) is 0 Å². The molecule has 1 aromatic heterocycles. The molecule has 1 rings (SSSR count). The lowest BCUT2D eigenvalue weighted by Crippen LogP contribution is -2.21. The quantitative estimate of drug-likeness (QED) is 0.641. The van der Waals surface area contributed by atoms with Crippen molar-refractivity contribution < 1.29 is 0 Å². The molecule has 1 N–H and O–H groups in total. The molecule has 0 bridgehead atoms. The Balaban J connectivity index is 2.26. The number of imidazole rings is 1. The Bertz CT molecular complexity index is 306. The van der Waals surface area contributed by atoms with Crippen LogP contribution in [0.15, 0.2) is 12.5 Å². The number of unbranched alkanes of at least 4 members (excludes halogenated alkanes) is 5. The zero-order valence-electron chi connectivity index (χ0n) is 12.3. The third-order valence-electron chi connectivity index (χ3n) is 3.38. The molecule has 1 heterocycles. The Labute approximate surface area is 112 Å². The van der Waals surface area contributed by atoms with Gasteiger partial charge in [-0.1, -0.05) is 52.4 Å². The van der Waals surface area contributed by atoms with Crippen molar-refractivity contribution in [3.63, 3.8) is 0 Å². The second-order valence-electron chi connectivity index (χ2n) is 5.13. The normalized spacial score (nSPS) is 12.8. The average Bonchev–Trinajstić information content (AvgIpc) is 2.79. The molecule has 0 aliphatic heterocycles. The molecule has 0 aliphatic carbocycles. The van der Waals surface area contributed by atoms with Crippen LogP contribution in [0.3, 0.4) is 0 Å². The summed E-state index contributed by atoms with van der Waals surface area (Å²) in [6.45, 7) is 5.44. The number of nitrogens with zero attached hydrogens (tertiary/aromatic N) is 2. The van der Waals surface area contributed by atoms with Gasteiger partial charge in [0.05, 0.1) is 18.1 Å². The molecule has 104 valence electrons. The van der Waals surface area contributed by atoms with Crippen molar-refractivity contribution in [1.29, 1.82) is 0 Å². The van der Waals surface area contributed by atoms with E-state index in [1.165, 1.54) is 50.6 Å². The van der Waals surface area contributed by atoms with Crippen LogP contribution >= 0.6 is 0 Å². The third kappa shape index (κ3) is 5.67. The summed E-state index contributed by atoms with van der Waals surface area (Å²) in [5, 5.41) is 3.54. The Kier molecular flexibility index (Phi) is 7.74. The second kappa shape index (κ2) is 9.15. The van der Waals surface area contributed by atoms with Crippen molar-refractivity contribution in [2.45, 2.75) is 64.8 Å². The summed E-state index contributed by atoms with van der Waals surface area (Å²) in [6.07, 6.45) is 13.4. The Hall–Kier alpha value is -0.830. The topological polar surface area (TPSA) is 29.9 Å². The minimum Gasteiger partial charge on any atom is -0.340 e. The number of aryl methyl sites for hydroxylation is 1. The summed E-state index contributed by atoms with van der Waals surface area (Å²) in [5.41, 5.74) is 1.19. The lowest BCUT2D eigenvalue weighted by molar-refractivity contribution is 0.469. The van der Waals surface area contributed by atoms with Crippen LogP contribution in [0.2, 0.25) is 0 Å². The number of hydrogen-bond donors (Lipinski definition) is 1. The van der Waals surface area contributed by atoms with E-state index in [1.807, 2.05) is 17.9 Å². The molecule has 3 heteroatoms. The van der Waals surface area contributed by atoms with Crippen LogP contribution in [-0.2, 0) is 7.05 Å². The van der Waals surface area contributed by atoms with Crippen LogP contribution in [0.1, 0.15) is 70.5 Å². The summed E-state index contributed by atoms with van der Waals surface area (Å²) < 4.78 is 2.03. The summed E-state index contributed by atoms with van der Waals surface area (Å²) in [7, 11) is 2.03. The van der Waals surface area contributed by atoms with E-state index in [0.29, 0.717) is 6.04 Å². The van der Waals surface area contributed by atoms with E-state index in [9.17, 15) is 0 Å². The van der Waals surface area contributed by atoms with Crippen LogP contribution in [0.25, 0.3) is 0 Å². The van der Waals surface area contributed by atoms with Crippen molar-refractivity contribution in [3.8, 4) is 0 Å². The standard InChI is InChI=1S/C15H29N3/c1-4-6-7-8-9-10-11-14(16-5-2)15-12-18(3)13-17-15/h12-14,16H,4-11H2,1-3H3. The van der Waals surface area contributed by atoms with Gasteiger partial charge in [0.15, 0.2) is 0 Å². The van der Waals surface area contributed by atoms with Gasteiger partial charge in [0, 0.05) is 13.2 Å². The summed E-state index contributed by atoms with van der Waals surface area (Å²) in [5.74, 6) is 0. The molecule has 0 aromatic carbocycles. The van der Waals surface area contributed by atoms with Crippen LogP contribution in [-0.4, -0.2) is 16.1 Å². The first kappa shape index (κ1) is 15.2. The lowest BCUT2D eigenvalue weighted by atomic mass is 10.0. The van der Waals surface area contributed by atoms with Gasteiger partial charge in [-0.15, -0.1) is 0 Å². The first-order chi connectivity index (χ1) is 8.77. The third-order valence-corrected chi connectivity index (χ3v) is 3.38. The number of hydrogen-bond acceptors (Lipinski definition) is 2. The molecule has 18 heavy (non-hydrogen) atoms. The molecule has 1 unspecified atom stereocenters. The highest BCUT2D eigenvalue weighted by Gasteiger charge is 2.12. The number of nitrogens with one attached hydrogen (secondary N) is 1. The second-order valence-corrected chi connectivity index (χ2v) is 5.13. The summed E-state index contributed by atoms with van der Waals surface area (Å²) in [6, 6.07) is 0.433. The van der Waals surface area contributed by atoms with Gasteiger partial charge in [0.2, 0.25) is 0 Å². The fraction of sp³-hybridized carbons (Fsp3) is 0.800. The van der Waals surface area contributed by atoms with Gasteiger partial charge in [-0.05, 0) is 13.0 Å². The lowest BCUT2D eigenvalue weighted by Gasteiger charge is -2.15. The fourth-order valence-corrected chi connectivity index (χ4v) is 2.34. The maximum Gasteiger partial charge on any atom is 0.0947 e. The van der Waals surface area contributed by atoms with E-state index in [2.05, 4.69) is 30.3 Å². The van der Waals surface area contributed by atoms with Crippen molar-refractivity contribution >= 4 is 0 Å². The van der Waals surface area contributed by atoms with E-state index < -0.39 is 0 Å². The largest absolute Gasteiger partial charge is 0.340 e. The molecule has 0 spiro atoms. The maximum absolute atomic E-state index is 4.46. The van der Waals surface area contributed by atoms with Crippen LogP contribution < -0.4 is 5.32 Å². The van der Waals surface area contributed by atoms with Crippen molar-refractivity contribution in [3.05, 3.63) is 18.2 Å². The Morgan fingerprint density at radius 1 is 1.17 bits per heavy atom. The highest BCUT2D eigenvalue weighted by molar-refractivity contribution is 5.03. The molecule has 0 fully saturated rings. The van der Waals surface area contributed by atoms with E-state index >= 15 is 0 Å². The first-order valence-corrected chi connectivity index (χ1v) is 7.49. The van der Waals surface area contributed by atoms with Crippen LogP contribution in [0, 0.1) is 0 Å². The van der Waals surface area contributed by atoms with Crippen molar-refractivity contribution in [1.82, 2.24) is 14.9 Å². The van der Waals surface area contributed by atoms with Crippen molar-refractivity contribution in [2.75, 3.05) is 6.54 Å². The molecule has 0 saturated carbocycles. The van der Waals surface area contributed by atoms with E-state index in [1.54, 1.807) is 0 Å². The predicted octanol–water partition coefficient (Wildman–Crippen LogP) is 3.82.